The summed E-state index contributed by atoms with van der Waals surface area (Å²) < 4.78 is 23.7. The van der Waals surface area contributed by atoms with E-state index >= 15 is 0 Å². The van der Waals surface area contributed by atoms with Crippen LogP contribution in [0.25, 0.3) is 0 Å². The van der Waals surface area contributed by atoms with Gasteiger partial charge in [0.15, 0.2) is 0 Å². The molecule has 31 heavy (non-hydrogen) atoms. The molecule has 1 aromatic heterocycles. The SMILES string of the molecule is CS(=O)(=O)O[O-].Cc1sc(N=Nc2ccc(N(CCCN)CCCN)cc2)[n+](C)c1C. The normalized spacial score (nSPS) is 11.5. The zero-order valence-corrected chi connectivity index (χ0v) is 20.1. The first-order valence-corrected chi connectivity index (χ1v) is 12.4. The van der Waals surface area contributed by atoms with Gasteiger partial charge in [0.2, 0.25) is 0 Å². The molecule has 0 bridgehead atoms. The molecular weight excluding hydrogens is 440 g/mol. The smallest absolute Gasteiger partial charge is 0.408 e. The second-order valence-corrected chi connectivity index (χ2v) is 9.57. The lowest BCUT2D eigenvalue weighted by atomic mass is 10.2. The number of aromatic nitrogens is 1. The third-order valence-corrected chi connectivity index (χ3v) is 5.78. The van der Waals surface area contributed by atoms with Crippen molar-refractivity contribution in [3.63, 3.8) is 0 Å². The molecular formula is C19H32N6O4S2. The zero-order chi connectivity index (χ0) is 23.4. The van der Waals surface area contributed by atoms with E-state index in [2.05, 4.69) is 50.0 Å². The number of nitrogens with zero attached hydrogens (tertiary/aromatic N) is 4. The van der Waals surface area contributed by atoms with Crippen LogP contribution < -0.4 is 26.2 Å². The van der Waals surface area contributed by atoms with Crippen molar-refractivity contribution in [3.05, 3.63) is 34.8 Å². The number of rotatable bonds is 10. The predicted octanol–water partition coefficient (Wildman–Crippen LogP) is 1.35. The highest BCUT2D eigenvalue weighted by atomic mass is 32.2. The molecule has 174 valence electrons. The van der Waals surface area contributed by atoms with Crippen LogP contribution in [-0.2, 0) is 21.5 Å². The predicted molar refractivity (Wildman–Crippen MR) is 121 cm³/mol. The van der Waals surface area contributed by atoms with Gasteiger partial charge in [-0.05, 0) is 80.5 Å². The molecule has 0 aliphatic carbocycles. The highest BCUT2D eigenvalue weighted by Crippen LogP contribution is 2.25. The Morgan fingerprint density at radius 3 is 2.00 bits per heavy atom. The van der Waals surface area contributed by atoms with Crippen LogP contribution in [0, 0.1) is 13.8 Å². The third kappa shape index (κ3) is 9.80. The number of thiazole rings is 1. The molecule has 12 heteroatoms. The Balaban J connectivity index is 0.000000703. The van der Waals surface area contributed by atoms with Crippen molar-refractivity contribution in [2.24, 2.45) is 28.7 Å². The van der Waals surface area contributed by atoms with E-state index < -0.39 is 10.1 Å². The van der Waals surface area contributed by atoms with Gasteiger partial charge in [0.05, 0.1) is 23.3 Å². The molecule has 0 saturated carbocycles. The minimum absolute atomic E-state index is 0.681. The van der Waals surface area contributed by atoms with Crippen molar-refractivity contribution in [1.82, 2.24) is 0 Å². The molecule has 2 rings (SSSR count). The minimum atomic E-state index is -3.72. The number of azo groups is 1. The molecule has 0 spiro atoms. The van der Waals surface area contributed by atoms with E-state index in [1.807, 2.05) is 19.2 Å². The number of hydrogen-bond acceptors (Lipinski definition) is 10. The molecule has 2 aromatic rings. The molecule has 0 aliphatic heterocycles. The van der Waals surface area contributed by atoms with Crippen molar-refractivity contribution in [2.75, 3.05) is 37.3 Å². The van der Waals surface area contributed by atoms with E-state index in [0.717, 1.165) is 36.8 Å². The molecule has 0 radical (unpaired) electrons. The first kappa shape index (κ1) is 27.1. The fraction of sp³-hybridized carbons (Fsp3) is 0.526. The number of anilines is 1. The van der Waals surface area contributed by atoms with Crippen molar-refractivity contribution in [3.8, 4) is 0 Å². The molecule has 0 saturated heterocycles. The van der Waals surface area contributed by atoms with E-state index in [1.54, 1.807) is 11.3 Å². The van der Waals surface area contributed by atoms with Gasteiger partial charge in [0.1, 0.15) is 11.4 Å². The lowest BCUT2D eigenvalue weighted by molar-refractivity contribution is -0.660. The van der Waals surface area contributed by atoms with Gasteiger partial charge in [0.25, 0.3) is 10.1 Å². The van der Waals surface area contributed by atoms with Crippen molar-refractivity contribution in [1.29, 1.82) is 0 Å². The summed E-state index contributed by atoms with van der Waals surface area (Å²) in [5.41, 5.74) is 14.5. The molecule has 10 nitrogen and oxygen atoms in total. The molecule has 0 aliphatic rings. The van der Waals surface area contributed by atoms with Crippen LogP contribution in [-0.4, -0.2) is 40.9 Å². The van der Waals surface area contributed by atoms with Crippen LogP contribution in [0.1, 0.15) is 23.4 Å². The maximum Gasteiger partial charge on any atom is 0.408 e. The maximum absolute atomic E-state index is 9.47. The van der Waals surface area contributed by atoms with E-state index in [9.17, 15) is 8.42 Å². The molecule has 4 N–H and O–H groups in total. The summed E-state index contributed by atoms with van der Waals surface area (Å²) in [6, 6.07) is 8.19. The quantitative estimate of drug-likeness (QED) is 0.229. The van der Waals surface area contributed by atoms with Crippen molar-refractivity contribution >= 4 is 38.0 Å². The standard InChI is InChI=1S/C18H29N6S.CH4O4S/c1-14-15(2)25-18(23(14)3)22-21-16-6-8-17(9-7-16)24(12-4-10-19)13-5-11-20;1-6(3,4)5-2/h6-9H,4-5,10-13,19-20H2,1-3H3;2H,1H3/q+1;/p-1. The summed E-state index contributed by atoms with van der Waals surface area (Å²) in [6.45, 7) is 7.48. The topological polar surface area (TPSA) is 150 Å². The number of hydrogen-bond donors (Lipinski definition) is 2. The molecule has 0 atom stereocenters. The van der Waals surface area contributed by atoms with Gasteiger partial charge in [0, 0.05) is 18.8 Å². The summed E-state index contributed by atoms with van der Waals surface area (Å²) in [5, 5.41) is 18.5. The highest BCUT2D eigenvalue weighted by Gasteiger charge is 2.16. The van der Waals surface area contributed by atoms with Crippen molar-refractivity contribution < 1.29 is 22.6 Å². The van der Waals surface area contributed by atoms with Gasteiger partial charge in [-0.1, -0.05) is 0 Å². The van der Waals surface area contributed by atoms with Crippen LogP contribution in [0.3, 0.4) is 0 Å². The summed E-state index contributed by atoms with van der Waals surface area (Å²) in [7, 11) is -1.70. The molecule has 0 amide bonds. The summed E-state index contributed by atoms with van der Waals surface area (Å²) >= 11 is 1.66. The van der Waals surface area contributed by atoms with Gasteiger partial charge in [-0.2, -0.15) is 0 Å². The Labute approximate surface area is 188 Å². The Morgan fingerprint density at radius 2 is 1.61 bits per heavy atom. The fourth-order valence-electron chi connectivity index (χ4n) is 2.51. The highest BCUT2D eigenvalue weighted by molar-refractivity contribution is 7.85. The largest absolute Gasteiger partial charge is 0.707 e. The van der Waals surface area contributed by atoms with Crippen LogP contribution in [0.15, 0.2) is 34.5 Å². The Morgan fingerprint density at radius 1 is 1.10 bits per heavy atom. The lowest BCUT2D eigenvalue weighted by Gasteiger charge is -2.24. The van der Waals surface area contributed by atoms with Gasteiger partial charge in [-0.3, -0.25) is 0 Å². The molecule has 1 aromatic carbocycles. The second kappa shape index (κ2) is 13.5. The Hall–Kier alpha value is -1.96. The second-order valence-electron chi connectivity index (χ2n) is 6.85. The summed E-state index contributed by atoms with van der Waals surface area (Å²) in [6.07, 6.45) is 2.62. The monoisotopic (exact) mass is 472 g/mol. The average molecular weight is 473 g/mol. The summed E-state index contributed by atoms with van der Waals surface area (Å²) in [4.78, 5) is 3.59. The van der Waals surface area contributed by atoms with Gasteiger partial charge in [-0.25, -0.2) is 13.0 Å². The fourth-order valence-corrected chi connectivity index (χ4v) is 3.43. The van der Waals surface area contributed by atoms with Crippen LogP contribution >= 0.6 is 11.3 Å². The first-order chi connectivity index (χ1) is 14.6. The molecule has 0 fully saturated rings. The molecule has 0 unspecified atom stereocenters. The number of benzene rings is 1. The Kier molecular flexibility index (Phi) is 11.7. The van der Waals surface area contributed by atoms with Crippen LogP contribution in [0.5, 0.6) is 0 Å². The van der Waals surface area contributed by atoms with E-state index in [-0.39, 0.29) is 0 Å². The van der Waals surface area contributed by atoms with E-state index in [1.165, 1.54) is 16.3 Å². The van der Waals surface area contributed by atoms with Crippen LogP contribution in [0.2, 0.25) is 0 Å². The van der Waals surface area contributed by atoms with Gasteiger partial charge < -0.3 is 26.0 Å². The first-order valence-electron chi connectivity index (χ1n) is 9.77. The zero-order valence-electron chi connectivity index (χ0n) is 18.4. The molecule has 1 heterocycles. The maximum atomic E-state index is 9.47. The van der Waals surface area contributed by atoms with Crippen LogP contribution in [0.4, 0.5) is 16.5 Å². The van der Waals surface area contributed by atoms with Gasteiger partial charge >= 0.3 is 5.13 Å². The lowest BCUT2D eigenvalue weighted by Crippen LogP contribution is -2.28. The summed E-state index contributed by atoms with van der Waals surface area (Å²) in [5.74, 6) is 0. The number of nitrogens with two attached hydrogens (primary N) is 2. The van der Waals surface area contributed by atoms with E-state index in [4.69, 9.17) is 16.7 Å². The van der Waals surface area contributed by atoms with E-state index in [0.29, 0.717) is 19.3 Å². The third-order valence-electron chi connectivity index (χ3n) is 4.40. The van der Waals surface area contributed by atoms with Gasteiger partial charge in [-0.15, -0.1) is 0 Å². The average Bonchev–Trinajstić information content (AvgIpc) is 2.99. The number of aryl methyl sites for hydroxylation is 1. The minimum Gasteiger partial charge on any atom is -0.707 e. The van der Waals surface area contributed by atoms with Crippen molar-refractivity contribution in [2.45, 2.75) is 26.7 Å². The Bertz CT molecular complexity index is 922.